The van der Waals surface area contributed by atoms with Gasteiger partial charge in [0.05, 0.1) is 28.4 Å². The lowest BCUT2D eigenvalue weighted by Gasteiger charge is -2.37. The molecule has 5 N–H and O–H groups in total. The number of anilines is 4. The summed E-state index contributed by atoms with van der Waals surface area (Å²) < 4.78 is 49.4. The van der Waals surface area contributed by atoms with Gasteiger partial charge in [0, 0.05) is 108 Å². The van der Waals surface area contributed by atoms with Crippen LogP contribution in [-0.2, 0) is 25.9 Å². The molecule has 382 valence electrons. The number of rotatable bonds is 20. The lowest BCUT2D eigenvalue weighted by molar-refractivity contribution is 0.0525. The topological polar surface area (TPSA) is 177 Å². The lowest BCUT2D eigenvalue weighted by Crippen LogP contribution is -2.46. The van der Waals surface area contributed by atoms with Crippen LogP contribution in [0, 0.1) is 13.8 Å². The Bertz CT molecular complexity index is 2960. The van der Waals surface area contributed by atoms with E-state index < -0.39 is 36.4 Å². The number of esters is 1. The normalized spacial score (nSPS) is 15.4. The van der Waals surface area contributed by atoms with Gasteiger partial charge in [-0.05, 0) is 136 Å². The molecule has 1 atom stereocenters. The first-order valence-corrected chi connectivity index (χ1v) is 29.1. The second-order valence-electron chi connectivity index (χ2n) is 18.4. The van der Waals surface area contributed by atoms with Crippen molar-refractivity contribution in [2.45, 2.75) is 68.5 Å². The van der Waals surface area contributed by atoms with Crippen LogP contribution in [0.2, 0.25) is 5.02 Å². The van der Waals surface area contributed by atoms with E-state index >= 15 is 0 Å². The number of sulfonamides is 1. The van der Waals surface area contributed by atoms with Gasteiger partial charge >= 0.3 is 13.6 Å². The van der Waals surface area contributed by atoms with Gasteiger partial charge in [0.2, 0.25) is 0 Å². The zero-order valence-corrected chi connectivity index (χ0v) is 44.2. The van der Waals surface area contributed by atoms with E-state index in [1.165, 1.54) is 4.90 Å². The number of likely N-dealkylation sites (tertiary alicyclic amines) is 1. The first-order valence-electron chi connectivity index (χ1n) is 24.4. The Morgan fingerprint density at radius 3 is 2.17 bits per heavy atom. The van der Waals surface area contributed by atoms with E-state index in [1.54, 1.807) is 48.2 Å². The average molecular weight is 1060 g/mol. The van der Waals surface area contributed by atoms with Gasteiger partial charge in [-0.25, -0.2) is 13.2 Å². The maximum Gasteiger partial charge on any atom is 0.340 e. The van der Waals surface area contributed by atoms with E-state index in [-0.39, 0.29) is 17.0 Å². The molecule has 0 amide bonds. The van der Waals surface area contributed by atoms with Gasteiger partial charge in [-0.3, -0.25) is 9.29 Å². The molecule has 0 radical (unpaired) electrons. The van der Waals surface area contributed by atoms with Crippen LogP contribution in [0.3, 0.4) is 0 Å². The number of nitrogens with one attached hydrogen (secondary N) is 2. The zero-order chi connectivity index (χ0) is 51.0. The third-order valence-electron chi connectivity index (χ3n) is 13.5. The highest BCUT2D eigenvalue weighted by Crippen LogP contribution is 2.42. The van der Waals surface area contributed by atoms with Crippen LogP contribution < -0.4 is 19.8 Å². The highest BCUT2D eigenvalue weighted by molar-refractivity contribution is 7.99. The summed E-state index contributed by atoms with van der Waals surface area (Å²) in [5.41, 5.74) is 8.28. The summed E-state index contributed by atoms with van der Waals surface area (Å²) in [7, 11) is -8.27. The summed E-state index contributed by atoms with van der Waals surface area (Å²) in [4.78, 5) is 41.0. The van der Waals surface area contributed by atoms with Gasteiger partial charge in [0.15, 0.2) is 0 Å². The van der Waals surface area contributed by atoms with Crippen LogP contribution in [0.1, 0.15) is 47.8 Å². The molecular formula is C54H64ClN6O8PS2. The Labute approximate surface area is 432 Å². The smallest absolute Gasteiger partial charge is 0.340 e. The number of aryl methyl sites for hydroxylation is 1. The fourth-order valence-corrected chi connectivity index (χ4v) is 12.1. The number of aliphatic hydroxyl groups excluding tert-OH is 1. The Hall–Kier alpha value is -5.29. The molecule has 0 aliphatic carbocycles. The molecule has 2 saturated heterocycles. The van der Waals surface area contributed by atoms with E-state index in [9.17, 15) is 32.7 Å². The summed E-state index contributed by atoms with van der Waals surface area (Å²) in [6, 6.07) is 38.6. The lowest BCUT2D eigenvalue weighted by atomic mass is 9.96. The van der Waals surface area contributed by atoms with Gasteiger partial charge in [0.1, 0.15) is 6.61 Å². The molecule has 8 rings (SSSR count). The second kappa shape index (κ2) is 23.7. The quantitative estimate of drug-likeness (QED) is 0.0278. The maximum absolute atomic E-state index is 13.8. The maximum atomic E-state index is 13.8. The third-order valence-corrected chi connectivity index (χ3v) is 17.0. The van der Waals surface area contributed by atoms with Gasteiger partial charge in [-0.15, -0.1) is 11.8 Å². The molecule has 1 aromatic heterocycles. The molecule has 72 heavy (non-hydrogen) atoms. The van der Waals surface area contributed by atoms with Crippen molar-refractivity contribution in [2.75, 3.05) is 84.2 Å². The predicted molar refractivity (Wildman–Crippen MR) is 292 cm³/mol. The first kappa shape index (κ1) is 53.0. The Kier molecular flexibility index (Phi) is 17.5. The summed E-state index contributed by atoms with van der Waals surface area (Å²) in [5, 5.41) is 14.3. The van der Waals surface area contributed by atoms with Gasteiger partial charge in [-0.1, -0.05) is 54.1 Å². The molecule has 3 heterocycles. The van der Waals surface area contributed by atoms with Crippen LogP contribution in [0.5, 0.6) is 0 Å². The Morgan fingerprint density at radius 2 is 1.51 bits per heavy atom. The summed E-state index contributed by atoms with van der Waals surface area (Å²) >= 11 is 8.09. The summed E-state index contributed by atoms with van der Waals surface area (Å²) in [5.74, 6) is 0.190. The number of benzene rings is 5. The Morgan fingerprint density at radius 1 is 0.833 bits per heavy atom. The predicted octanol–water partition coefficient (Wildman–Crippen LogP) is 9.99. The molecule has 2 fully saturated rings. The Balaban J connectivity index is 0.915. The van der Waals surface area contributed by atoms with Crippen LogP contribution in [-0.4, -0.2) is 115 Å². The van der Waals surface area contributed by atoms with Gasteiger partial charge in [0.25, 0.3) is 10.0 Å². The number of aromatic nitrogens is 1. The number of carbonyl (C=O) groups excluding carboxylic acids is 1. The number of halogens is 1. The van der Waals surface area contributed by atoms with Crippen molar-refractivity contribution < 1.29 is 37.4 Å². The van der Waals surface area contributed by atoms with Crippen molar-refractivity contribution in [3.63, 3.8) is 0 Å². The molecule has 6 aromatic rings. The molecular weight excluding hydrogens is 991 g/mol. The van der Waals surface area contributed by atoms with Crippen molar-refractivity contribution in [1.29, 1.82) is 0 Å². The van der Waals surface area contributed by atoms with Crippen molar-refractivity contribution in [3.05, 3.63) is 143 Å². The van der Waals surface area contributed by atoms with E-state index in [1.807, 2.05) is 92.1 Å². The zero-order valence-electron chi connectivity index (χ0n) is 40.9. The fourth-order valence-electron chi connectivity index (χ4n) is 9.51. The molecule has 18 heteroatoms. The molecule has 2 aliphatic heterocycles. The monoisotopic (exact) mass is 1050 g/mol. The highest BCUT2D eigenvalue weighted by Gasteiger charge is 2.30. The minimum atomic E-state index is -4.38. The number of hydrogen-bond acceptors (Lipinski definition) is 11. The molecule has 0 saturated carbocycles. The van der Waals surface area contributed by atoms with E-state index in [2.05, 4.69) is 42.9 Å². The van der Waals surface area contributed by atoms with Crippen molar-refractivity contribution in [3.8, 4) is 22.4 Å². The number of hydrogen-bond donors (Lipinski definition) is 5. The number of piperazine rings is 1. The number of nitrogens with zero attached hydrogens (tertiary/aromatic N) is 4. The number of thioether (sulfide) groups is 1. The van der Waals surface area contributed by atoms with Crippen LogP contribution in [0.25, 0.3) is 22.4 Å². The number of carbonyl (C=O) groups is 1. The van der Waals surface area contributed by atoms with Gasteiger partial charge < -0.3 is 44.2 Å². The van der Waals surface area contributed by atoms with E-state index in [4.69, 9.17) is 16.3 Å². The summed E-state index contributed by atoms with van der Waals surface area (Å²) in [6.07, 6.45) is 1.72. The standard InChI is InChI=1S/C54H64ClN6O8PS2/c1-4-61-39(3)51(54(63)69-33-34-70(64,65)66)52(53(61)40-13-15-42(55)16-14-40)41-9-8-10-46(36-41)60-31-29-59(30-32-60)45-19-17-43(18-20-45)57-72(67,68)49-21-22-50(38(2)35-49)56-44(37-71-48-11-6-5-7-12-48)23-26-58-27-24-47(62)25-28-58/h5-22,35-36,44,47,56-57,62H,4,23-34,37H2,1-3H3,(H2,64,65,66)/t44-/m1/s1. The van der Waals surface area contributed by atoms with Crippen molar-refractivity contribution >= 4 is 69.7 Å². The molecule has 0 bridgehead atoms. The fraction of sp³-hybridized carbons (Fsp3) is 0.352. The first-order chi connectivity index (χ1) is 34.5. The molecule has 5 aromatic carbocycles. The highest BCUT2D eigenvalue weighted by atomic mass is 35.5. The molecule has 14 nitrogen and oxygen atoms in total. The van der Waals surface area contributed by atoms with Crippen molar-refractivity contribution in [2.24, 2.45) is 0 Å². The molecule has 0 spiro atoms. The second-order valence-corrected chi connectivity index (χ2v) is 23.4. The van der Waals surface area contributed by atoms with Crippen molar-refractivity contribution in [1.82, 2.24) is 9.47 Å². The number of aliphatic hydroxyl groups is 1. The third kappa shape index (κ3) is 13.5. The molecule has 0 unspecified atom stereocenters. The molecule has 2 aliphatic rings. The van der Waals surface area contributed by atoms with E-state index in [0.29, 0.717) is 60.3 Å². The average Bonchev–Trinajstić information content (AvgIpc) is 3.67. The largest absolute Gasteiger partial charge is 0.461 e. The van der Waals surface area contributed by atoms with Crippen LogP contribution in [0.4, 0.5) is 22.7 Å². The SMILES string of the molecule is CCn1c(C)c(C(=O)OCCP(=O)(O)O)c(-c2cccc(N3CCN(c4ccc(NS(=O)(=O)c5ccc(N[C@H](CCN6CCC(O)CC6)CSc6ccccc6)c(C)c5)cc4)CC3)c2)c1-c1ccc(Cl)cc1. The van der Waals surface area contributed by atoms with E-state index in [0.717, 1.165) is 84.1 Å². The van der Waals surface area contributed by atoms with Crippen LogP contribution >= 0.6 is 31.0 Å². The number of piperidine rings is 1. The summed E-state index contributed by atoms with van der Waals surface area (Å²) in [6.45, 7) is 11.4. The minimum absolute atomic E-state index is 0.143. The minimum Gasteiger partial charge on any atom is -0.461 e. The number of ether oxygens (including phenoxy) is 1. The van der Waals surface area contributed by atoms with Crippen LogP contribution in [0.15, 0.2) is 131 Å². The van der Waals surface area contributed by atoms with Gasteiger partial charge in [-0.2, -0.15) is 0 Å².